The Labute approximate surface area is 79.4 Å². The van der Waals surface area contributed by atoms with Gasteiger partial charge in [-0.25, -0.2) is 0 Å². The fraction of sp³-hybridized carbons (Fsp3) is 0. The molecule has 10 heavy (non-hydrogen) atoms. The average Bonchev–Trinajstić information content (AvgIpc) is 1.80. The molecule has 0 atom stereocenters. The number of hydrogen-bond donors (Lipinski definition) is 1. The summed E-state index contributed by atoms with van der Waals surface area (Å²) >= 11 is 11.0. The van der Waals surface area contributed by atoms with Crippen molar-refractivity contribution in [1.29, 1.82) is 0 Å². The van der Waals surface area contributed by atoms with Crippen molar-refractivity contribution in [3.63, 3.8) is 0 Å². The van der Waals surface area contributed by atoms with Crippen molar-refractivity contribution in [2.24, 2.45) is 0 Å². The summed E-state index contributed by atoms with van der Waals surface area (Å²) < 4.78 is 0. The van der Waals surface area contributed by atoms with Crippen molar-refractivity contribution in [3.8, 4) is 5.75 Å². The van der Waals surface area contributed by atoms with Crippen LogP contribution in [-0.2, 0) is 17.1 Å². The van der Waals surface area contributed by atoms with Crippen LogP contribution in [0.1, 0.15) is 0 Å². The Morgan fingerprint density at radius 2 is 1.80 bits per heavy atom. The summed E-state index contributed by atoms with van der Waals surface area (Å²) in [6.07, 6.45) is 0. The van der Waals surface area contributed by atoms with Crippen molar-refractivity contribution in [1.82, 2.24) is 0 Å². The van der Waals surface area contributed by atoms with E-state index >= 15 is 0 Å². The maximum Gasteiger partial charge on any atom is 2.00 e. The van der Waals surface area contributed by atoms with Crippen LogP contribution in [0.5, 0.6) is 5.75 Å². The van der Waals surface area contributed by atoms with Crippen LogP contribution < -0.4 is 0 Å². The van der Waals surface area contributed by atoms with E-state index in [1.165, 1.54) is 12.1 Å². The van der Waals surface area contributed by atoms with Gasteiger partial charge in [0, 0.05) is 5.02 Å². The first-order valence-corrected chi connectivity index (χ1v) is 3.10. The quantitative estimate of drug-likeness (QED) is 0.675. The van der Waals surface area contributed by atoms with E-state index in [0.29, 0.717) is 5.02 Å². The predicted molar refractivity (Wildman–Crippen MR) is 38.1 cm³/mol. The molecule has 0 fully saturated rings. The Hall–Kier alpha value is 0.119. The van der Waals surface area contributed by atoms with Crippen LogP contribution in [-0.4, -0.2) is 5.11 Å². The molecule has 1 radical (unpaired) electrons. The second-order valence-electron chi connectivity index (χ2n) is 1.60. The van der Waals surface area contributed by atoms with Gasteiger partial charge in [0.25, 0.3) is 0 Å². The van der Waals surface area contributed by atoms with Gasteiger partial charge in [0.05, 0.1) is 5.02 Å². The zero-order valence-corrected chi connectivity index (χ0v) is 7.19. The Morgan fingerprint density at radius 3 is 2.20 bits per heavy atom. The van der Waals surface area contributed by atoms with Gasteiger partial charge in [0.15, 0.2) is 0 Å². The van der Waals surface area contributed by atoms with Crippen LogP contribution >= 0.6 is 23.2 Å². The molecule has 0 aliphatic heterocycles. The third-order valence-corrected chi connectivity index (χ3v) is 1.45. The van der Waals surface area contributed by atoms with Crippen LogP contribution in [0.3, 0.4) is 0 Å². The third-order valence-electron chi connectivity index (χ3n) is 0.910. The summed E-state index contributed by atoms with van der Waals surface area (Å²) in [5.41, 5.74) is 0. The van der Waals surface area contributed by atoms with Crippen molar-refractivity contribution in [2.45, 2.75) is 0 Å². The fourth-order valence-electron chi connectivity index (χ4n) is 0.481. The second-order valence-corrected chi connectivity index (χ2v) is 2.44. The standard InChI is InChI=1S/C6H4Cl2O.Cu/c7-4-1-2-6(9)5(8)3-4;/h1-3,9H;/q;+2. The minimum atomic E-state index is 0. The molecule has 0 saturated heterocycles. The Bertz CT molecular complexity index is 227. The third kappa shape index (κ3) is 2.39. The number of aromatic hydroxyl groups is 1. The summed E-state index contributed by atoms with van der Waals surface area (Å²) in [4.78, 5) is 0. The molecule has 1 N–H and O–H groups in total. The number of benzene rings is 1. The van der Waals surface area contributed by atoms with E-state index in [1.807, 2.05) is 0 Å². The molecule has 1 aromatic rings. The minimum absolute atomic E-state index is 0. The second kappa shape index (κ2) is 4.09. The number of rotatable bonds is 0. The van der Waals surface area contributed by atoms with Crippen LogP contribution in [0.4, 0.5) is 0 Å². The smallest absolute Gasteiger partial charge is 0.506 e. The van der Waals surface area contributed by atoms with Gasteiger partial charge in [-0.2, -0.15) is 0 Å². The number of phenolic OH excluding ortho intramolecular Hbond substituents is 1. The molecule has 0 unspecified atom stereocenters. The Morgan fingerprint density at radius 1 is 1.20 bits per heavy atom. The molecule has 0 bridgehead atoms. The number of phenols is 1. The molecule has 0 aromatic heterocycles. The summed E-state index contributed by atoms with van der Waals surface area (Å²) in [5.74, 6) is 0.0565. The normalized spacial score (nSPS) is 8.60. The van der Waals surface area contributed by atoms with Crippen molar-refractivity contribution < 1.29 is 22.2 Å². The topological polar surface area (TPSA) is 20.2 Å². The van der Waals surface area contributed by atoms with Gasteiger partial charge >= 0.3 is 17.1 Å². The van der Waals surface area contributed by atoms with E-state index in [4.69, 9.17) is 28.3 Å². The molecule has 4 heteroatoms. The molecule has 0 saturated carbocycles. The molecule has 0 aliphatic rings. The first-order chi connectivity index (χ1) is 4.20. The van der Waals surface area contributed by atoms with E-state index < -0.39 is 0 Å². The Balaban J connectivity index is 0.000000810. The molecular weight excluding hydrogens is 223 g/mol. The predicted octanol–water partition coefficient (Wildman–Crippen LogP) is 2.70. The Kier molecular flexibility index (Phi) is 4.14. The molecule has 0 aliphatic carbocycles. The SMILES string of the molecule is Oc1ccc(Cl)cc1Cl.[Cu+2]. The fourth-order valence-corrected chi connectivity index (χ4v) is 0.890. The van der Waals surface area contributed by atoms with E-state index in [0.717, 1.165) is 0 Å². The van der Waals surface area contributed by atoms with Crippen molar-refractivity contribution in [3.05, 3.63) is 28.2 Å². The molecule has 1 nitrogen and oxygen atoms in total. The van der Waals surface area contributed by atoms with Crippen molar-refractivity contribution >= 4 is 23.2 Å². The molecule has 57 valence electrons. The molecule has 1 rings (SSSR count). The maximum absolute atomic E-state index is 8.85. The van der Waals surface area contributed by atoms with Gasteiger partial charge in [-0.05, 0) is 18.2 Å². The van der Waals surface area contributed by atoms with Gasteiger partial charge in [0.2, 0.25) is 0 Å². The average molecular weight is 227 g/mol. The van der Waals surface area contributed by atoms with Crippen LogP contribution in [0.2, 0.25) is 10.0 Å². The molecule has 0 spiro atoms. The summed E-state index contributed by atoms with van der Waals surface area (Å²) in [7, 11) is 0. The summed E-state index contributed by atoms with van der Waals surface area (Å²) in [6.45, 7) is 0. The first-order valence-electron chi connectivity index (χ1n) is 2.34. The monoisotopic (exact) mass is 225 g/mol. The molecule has 0 amide bonds. The first kappa shape index (κ1) is 10.1. The van der Waals surface area contributed by atoms with Crippen LogP contribution in [0.25, 0.3) is 0 Å². The minimum Gasteiger partial charge on any atom is -0.506 e. The van der Waals surface area contributed by atoms with Gasteiger partial charge in [-0.3, -0.25) is 0 Å². The van der Waals surface area contributed by atoms with Crippen LogP contribution in [0.15, 0.2) is 18.2 Å². The van der Waals surface area contributed by atoms with Crippen molar-refractivity contribution in [2.75, 3.05) is 0 Å². The van der Waals surface area contributed by atoms with Gasteiger partial charge < -0.3 is 5.11 Å². The van der Waals surface area contributed by atoms with E-state index in [2.05, 4.69) is 0 Å². The largest absolute Gasteiger partial charge is 2.00 e. The summed E-state index contributed by atoms with van der Waals surface area (Å²) in [6, 6.07) is 4.51. The zero-order valence-electron chi connectivity index (χ0n) is 4.74. The van der Waals surface area contributed by atoms with E-state index in [9.17, 15) is 0 Å². The summed E-state index contributed by atoms with van der Waals surface area (Å²) in [5, 5.41) is 9.66. The molecule has 0 heterocycles. The van der Waals surface area contributed by atoms with Crippen LogP contribution in [0, 0.1) is 0 Å². The van der Waals surface area contributed by atoms with Gasteiger partial charge in [-0.15, -0.1) is 0 Å². The van der Waals surface area contributed by atoms with Gasteiger partial charge in [-0.1, -0.05) is 23.2 Å². The number of halogens is 2. The molecular formula is C6H4Cl2CuO+2. The van der Waals surface area contributed by atoms with E-state index in [1.54, 1.807) is 6.07 Å². The molecule has 1 aromatic carbocycles. The number of hydrogen-bond acceptors (Lipinski definition) is 1. The maximum atomic E-state index is 8.85. The zero-order chi connectivity index (χ0) is 6.85. The van der Waals surface area contributed by atoms with Gasteiger partial charge in [0.1, 0.15) is 5.75 Å². The van der Waals surface area contributed by atoms with E-state index in [-0.39, 0.29) is 27.8 Å².